The second kappa shape index (κ2) is 6.60. The molecule has 0 aliphatic rings. The van der Waals surface area contributed by atoms with Crippen LogP contribution in [0.4, 0.5) is 0 Å². The molecule has 0 radical (unpaired) electrons. The lowest BCUT2D eigenvalue weighted by Crippen LogP contribution is -1.99. The van der Waals surface area contributed by atoms with Crippen LogP contribution in [0.3, 0.4) is 0 Å². The Morgan fingerprint density at radius 2 is 1.88 bits per heavy atom. The second-order valence-corrected chi connectivity index (χ2v) is 5.49. The van der Waals surface area contributed by atoms with Gasteiger partial charge in [0, 0.05) is 17.4 Å². The lowest BCUT2D eigenvalue weighted by Gasteiger charge is -2.11. The Bertz CT molecular complexity index is 359. The summed E-state index contributed by atoms with van der Waals surface area (Å²) in [6.07, 6.45) is 1.73. The van der Waals surface area contributed by atoms with Crippen LogP contribution >= 0.6 is 11.8 Å². The van der Waals surface area contributed by atoms with E-state index in [1.165, 1.54) is 16.7 Å². The molecule has 1 aromatic carbocycles. The van der Waals surface area contributed by atoms with Gasteiger partial charge in [0.15, 0.2) is 0 Å². The molecule has 0 amide bonds. The quantitative estimate of drug-likeness (QED) is 0.760. The maximum absolute atomic E-state index is 8.69. The fraction of sp³-hybridized carbons (Fsp3) is 0.500. The highest BCUT2D eigenvalue weighted by Gasteiger charge is 2.06. The molecule has 86 valence electrons. The number of rotatable bonds is 5. The zero-order valence-electron chi connectivity index (χ0n) is 10.3. The summed E-state index contributed by atoms with van der Waals surface area (Å²) in [4.78, 5) is 0. The number of hydrogen-bond acceptors (Lipinski definition) is 2. The molecule has 0 bridgehead atoms. The van der Waals surface area contributed by atoms with Gasteiger partial charge < -0.3 is 0 Å². The second-order valence-electron chi connectivity index (χ2n) is 4.20. The van der Waals surface area contributed by atoms with Crippen LogP contribution in [0.15, 0.2) is 18.2 Å². The Morgan fingerprint density at radius 1 is 1.25 bits per heavy atom. The molecule has 1 unspecified atom stereocenters. The lowest BCUT2D eigenvalue weighted by molar-refractivity contribution is 0.842. The zero-order valence-corrected chi connectivity index (χ0v) is 11.1. The molecule has 0 saturated carbocycles. The molecule has 1 aromatic rings. The molecule has 0 fully saturated rings. The number of nitrogens with zero attached hydrogens (tertiary/aromatic N) is 1. The standard InChI is InChI=1S/C14H19NS/c1-4-14(5-6-15)16-10-13-8-11(2)7-12(3)9-13/h7-9,14H,4-5,10H2,1-3H3. The first kappa shape index (κ1) is 13.1. The van der Waals surface area contributed by atoms with Gasteiger partial charge in [-0.25, -0.2) is 0 Å². The SMILES string of the molecule is CCC(CC#N)SCc1cc(C)cc(C)c1. The van der Waals surface area contributed by atoms with Gasteiger partial charge in [-0.3, -0.25) is 0 Å². The third-order valence-electron chi connectivity index (χ3n) is 2.54. The van der Waals surface area contributed by atoms with Crippen LogP contribution in [0.1, 0.15) is 36.5 Å². The van der Waals surface area contributed by atoms with Crippen LogP contribution in [-0.4, -0.2) is 5.25 Å². The van der Waals surface area contributed by atoms with E-state index < -0.39 is 0 Å². The predicted molar refractivity (Wildman–Crippen MR) is 71.5 cm³/mol. The summed E-state index contributed by atoms with van der Waals surface area (Å²) in [7, 11) is 0. The van der Waals surface area contributed by atoms with Gasteiger partial charge in [-0.2, -0.15) is 17.0 Å². The van der Waals surface area contributed by atoms with Gasteiger partial charge in [0.2, 0.25) is 0 Å². The zero-order chi connectivity index (χ0) is 12.0. The van der Waals surface area contributed by atoms with E-state index in [0.29, 0.717) is 11.7 Å². The van der Waals surface area contributed by atoms with Gasteiger partial charge in [-0.15, -0.1) is 0 Å². The first-order chi connectivity index (χ1) is 7.65. The van der Waals surface area contributed by atoms with Crippen molar-refractivity contribution in [2.24, 2.45) is 0 Å². The third kappa shape index (κ3) is 4.28. The summed E-state index contributed by atoms with van der Waals surface area (Å²) >= 11 is 1.89. The molecule has 1 atom stereocenters. The molecular formula is C14H19NS. The molecule has 1 rings (SSSR count). The van der Waals surface area contributed by atoms with Crippen molar-refractivity contribution in [1.82, 2.24) is 0 Å². The molecule has 0 spiro atoms. The average molecular weight is 233 g/mol. The van der Waals surface area contributed by atoms with Crippen LogP contribution < -0.4 is 0 Å². The molecule has 1 nitrogen and oxygen atoms in total. The summed E-state index contributed by atoms with van der Waals surface area (Å²) in [6, 6.07) is 8.92. The molecule has 0 saturated heterocycles. The largest absolute Gasteiger partial charge is 0.198 e. The van der Waals surface area contributed by atoms with Crippen molar-refractivity contribution in [3.63, 3.8) is 0 Å². The Hall–Kier alpha value is -0.940. The minimum Gasteiger partial charge on any atom is -0.198 e. The normalized spacial score (nSPS) is 12.1. The summed E-state index contributed by atoms with van der Waals surface area (Å²) in [5, 5.41) is 9.17. The Morgan fingerprint density at radius 3 is 2.38 bits per heavy atom. The van der Waals surface area contributed by atoms with Crippen LogP contribution in [0.25, 0.3) is 0 Å². The Labute approximate surface area is 103 Å². The summed E-state index contributed by atoms with van der Waals surface area (Å²) in [5.74, 6) is 1.02. The van der Waals surface area contributed by atoms with E-state index in [2.05, 4.69) is 45.0 Å². The predicted octanol–water partition coefficient (Wildman–Crippen LogP) is 4.23. The monoisotopic (exact) mass is 233 g/mol. The van der Waals surface area contributed by atoms with Crippen LogP contribution in [-0.2, 0) is 5.75 Å². The third-order valence-corrected chi connectivity index (χ3v) is 4.01. The number of benzene rings is 1. The van der Waals surface area contributed by atoms with E-state index in [1.807, 2.05) is 11.8 Å². The first-order valence-corrected chi connectivity index (χ1v) is 6.76. The van der Waals surface area contributed by atoms with Gasteiger partial charge >= 0.3 is 0 Å². The van der Waals surface area contributed by atoms with Crippen molar-refractivity contribution in [2.45, 2.75) is 44.6 Å². The number of thioether (sulfide) groups is 1. The van der Waals surface area contributed by atoms with Gasteiger partial charge in [-0.1, -0.05) is 36.2 Å². The van der Waals surface area contributed by atoms with Crippen molar-refractivity contribution in [3.8, 4) is 6.07 Å². The van der Waals surface area contributed by atoms with Crippen molar-refractivity contribution >= 4 is 11.8 Å². The molecular weight excluding hydrogens is 214 g/mol. The summed E-state index contributed by atoms with van der Waals surface area (Å²) < 4.78 is 0. The van der Waals surface area contributed by atoms with Crippen LogP contribution in [0.2, 0.25) is 0 Å². The average Bonchev–Trinajstić information content (AvgIpc) is 2.23. The number of hydrogen-bond donors (Lipinski definition) is 0. The molecule has 2 heteroatoms. The molecule has 0 aliphatic heterocycles. The molecule has 0 N–H and O–H groups in total. The number of aryl methyl sites for hydroxylation is 2. The van der Waals surface area contributed by atoms with Gasteiger partial charge in [0.05, 0.1) is 6.07 Å². The van der Waals surface area contributed by atoms with Gasteiger partial charge in [0.25, 0.3) is 0 Å². The minimum atomic E-state index is 0.478. The van der Waals surface area contributed by atoms with E-state index in [-0.39, 0.29) is 0 Å². The minimum absolute atomic E-state index is 0.478. The topological polar surface area (TPSA) is 23.8 Å². The smallest absolute Gasteiger partial charge is 0.0633 e. The number of nitriles is 1. The van der Waals surface area contributed by atoms with Crippen molar-refractivity contribution in [3.05, 3.63) is 34.9 Å². The summed E-state index contributed by atoms with van der Waals surface area (Å²) in [5.41, 5.74) is 4.02. The van der Waals surface area contributed by atoms with Crippen LogP contribution in [0, 0.1) is 25.2 Å². The van der Waals surface area contributed by atoms with E-state index in [4.69, 9.17) is 5.26 Å². The van der Waals surface area contributed by atoms with E-state index in [9.17, 15) is 0 Å². The van der Waals surface area contributed by atoms with Crippen molar-refractivity contribution in [2.75, 3.05) is 0 Å². The van der Waals surface area contributed by atoms with Crippen molar-refractivity contribution < 1.29 is 0 Å². The van der Waals surface area contributed by atoms with Crippen LogP contribution in [0.5, 0.6) is 0 Å². The fourth-order valence-corrected chi connectivity index (χ4v) is 2.81. The summed E-state index contributed by atoms with van der Waals surface area (Å²) in [6.45, 7) is 6.41. The van der Waals surface area contributed by atoms with E-state index in [0.717, 1.165) is 12.2 Å². The Balaban J connectivity index is 2.57. The fourth-order valence-electron chi connectivity index (χ4n) is 1.79. The highest BCUT2D eigenvalue weighted by atomic mass is 32.2. The lowest BCUT2D eigenvalue weighted by atomic mass is 10.1. The van der Waals surface area contributed by atoms with Gasteiger partial charge in [0.1, 0.15) is 0 Å². The molecule has 0 aliphatic carbocycles. The van der Waals surface area contributed by atoms with Crippen molar-refractivity contribution in [1.29, 1.82) is 5.26 Å². The molecule has 16 heavy (non-hydrogen) atoms. The maximum atomic E-state index is 8.69. The van der Waals surface area contributed by atoms with Gasteiger partial charge in [-0.05, 0) is 25.8 Å². The maximum Gasteiger partial charge on any atom is 0.0633 e. The highest BCUT2D eigenvalue weighted by molar-refractivity contribution is 7.99. The Kier molecular flexibility index (Phi) is 5.42. The van der Waals surface area contributed by atoms with E-state index in [1.54, 1.807) is 0 Å². The highest BCUT2D eigenvalue weighted by Crippen LogP contribution is 2.23. The van der Waals surface area contributed by atoms with E-state index >= 15 is 0 Å². The molecule has 0 heterocycles. The molecule has 0 aromatic heterocycles. The first-order valence-electron chi connectivity index (χ1n) is 5.71.